The van der Waals surface area contributed by atoms with Gasteiger partial charge < -0.3 is 14.0 Å². The highest BCUT2D eigenvalue weighted by atomic mass is 16.5. The summed E-state index contributed by atoms with van der Waals surface area (Å²) >= 11 is 0. The Bertz CT molecular complexity index is 803. The summed E-state index contributed by atoms with van der Waals surface area (Å²) in [6.07, 6.45) is 3.24. The highest BCUT2D eigenvalue weighted by molar-refractivity contribution is 6.07. The first-order chi connectivity index (χ1) is 13.8. The first-order valence-electron chi connectivity index (χ1n) is 10.0. The predicted octanol–water partition coefficient (Wildman–Crippen LogP) is 1.65. The molecular formula is C21H28N2O6. The number of hydrogen-bond donors (Lipinski definition) is 0. The molecule has 2 fully saturated rings. The van der Waals surface area contributed by atoms with Gasteiger partial charge in [-0.25, -0.2) is 0 Å². The Morgan fingerprint density at radius 3 is 2.31 bits per heavy atom. The molecule has 2 amide bonds. The maximum atomic E-state index is 12.5. The van der Waals surface area contributed by atoms with Crippen molar-refractivity contribution in [3.05, 3.63) is 23.0 Å². The number of fused-ring (bicyclic) bond motifs is 1. The fourth-order valence-electron chi connectivity index (χ4n) is 4.40. The Hall–Kier alpha value is -2.48. The van der Waals surface area contributed by atoms with Crippen molar-refractivity contribution in [2.45, 2.75) is 46.1 Å². The average Bonchev–Trinajstić information content (AvgIpc) is 3.13. The van der Waals surface area contributed by atoms with Gasteiger partial charge in [-0.3, -0.25) is 24.1 Å². The number of carbonyl (C=O) groups excluding carboxylic acids is 4. The summed E-state index contributed by atoms with van der Waals surface area (Å²) in [6, 6.07) is 1.76. The molecule has 1 aromatic rings. The summed E-state index contributed by atoms with van der Waals surface area (Å²) in [5, 5.41) is 0. The summed E-state index contributed by atoms with van der Waals surface area (Å²) in [7, 11) is 1.62. The molecule has 0 spiro atoms. The van der Waals surface area contributed by atoms with Crippen LogP contribution in [0.2, 0.25) is 0 Å². The van der Waals surface area contributed by atoms with Crippen molar-refractivity contribution < 1.29 is 28.7 Å². The number of amides is 2. The average molecular weight is 404 g/mol. The summed E-state index contributed by atoms with van der Waals surface area (Å²) in [5.41, 5.74) is 2.20. The van der Waals surface area contributed by atoms with Crippen LogP contribution in [-0.4, -0.2) is 59.9 Å². The highest BCUT2D eigenvalue weighted by Crippen LogP contribution is 2.37. The summed E-state index contributed by atoms with van der Waals surface area (Å²) < 4.78 is 12.1. The largest absolute Gasteiger partial charge is 0.456 e. The molecule has 2 atom stereocenters. The van der Waals surface area contributed by atoms with Crippen molar-refractivity contribution in [2.24, 2.45) is 11.8 Å². The zero-order valence-corrected chi connectivity index (χ0v) is 17.2. The van der Waals surface area contributed by atoms with Crippen LogP contribution in [0.15, 0.2) is 6.07 Å². The van der Waals surface area contributed by atoms with Gasteiger partial charge in [0, 0.05) is 30.6 Å². The van der Waals surface area contributed by atoms with Gasteiger partial charge in [0.15, 0.2) is 6.61 Å². The van der Waals surface area contributed by atoms with Gasteiger partial charge in [0.2, 0.25) is 17.6 Å². The van der Waals surface area contributed by atoms with E-state index in [9.17, 15) is 19.2 Å². The Labute approximate surface area is 170 Å². The smallest absolute Gasteiger partial charge is 0.326 e. The van der Waals surface area contributed by atoms with Crippen LogP contribution in [0.5, 0.6) is 0 Å². The Morgan fingerprint density at radius 1 is 1.10 bits per heavy atom. The van der Waals surface area contributed by atoms with E-state index < -0.39 is 19.1 Å². The number of hydrogen-bond acceptors (Lipinski definition) is 6. The normalized spacial score (nSPS) is 21.4. The lowest BCUT2D eigenvalue weighted by Gasteiger charge is -2.19. The third-order valence-electron chi connectivity index (χ3n) is 5.98. The molecule has 3 rings (SSSR count). The van der Waals surface area contributed by atoms with Crippen molar-refractivity contribution in [2.75, 3.05) is 26.9 Å². The van der Waals surface area contributed by atoms with E-state index in [0.29, 0.717) is 31.6 Å². The zero-order valence-electron chi connectivity index (χ0n) is 17.2. The first-order valence-corrected chi connectivity index (χ1v) is 10.0. The molecule has 1 aromatic heterocycles. The number of rotatable bonds is 8. The number of likely N-dealkylation sites (tertiary alicyclic amines) is 1. The molecule has 158 valence electrons. The van der Waals surface area contributed by atoms with Gasteiger partial charge in [0.1, 0.15) is 6.54 Å². The molecule has 8 nitrogen and oxygen atoms in total. The van der Waals surface area contributed by atoms with Crippen LogP contribution in [-0.2, 0) is 30.4 Å². The number of esters is 1. The number of nitrogens with zero attached hydrogens (tertiary/aromatic N) is 2. The second-order valence-corrected chi connectivity index (χ2v) is 7.77. The molecule has 1 saturated carbocycles. The van der Waals surface area contributed by atoms with Gasteiger partial charge in [-0.1, -0.05) is 12.8 Å². The number of ketones is 1. The molecule has 0 aromatic carbocycles. The van der Waals surface area contributed by atoms with Crippen LogP contribution >= 0.6 is 0 Å². The van der Waals surface area contributed by atoms with Crippen LogP contribution in [0.1, 0.15) is 47.4 Å². The van der Waals surface area contributed by atoms with E-state index in [1.54, 1.807) is 13.2 Å². The number of imide groups is 1. The molecule has 1 aliphatic heterocycles. The fraction of sp³-hybridized carbons (Fsp3) is 0.619. The van der Waals surface area contributed by atoms with Crippen molar-refractivity contribution in [1.82, 2.24) is 9.47 Å². The number of aryl methyl sites for hydroxylation is 1. The molecular weight excluding hydrogens is 376 g/mol. The lowest BCUT2D eigenvalue weighted by Crippen LogP contribution is -2.37. The maximum absolute atomic E-state index is 12.5. The minimum atomic E-state index is -0.744. The minimum absolute atomic E-state index is 0.287. The van der Waals surface area contributed by atoms with Crippen molar-refractivity contribution in [3.8, 4) is 0 Å². The number of carbonyl (C=O) groups is 4. The lowest BCUT2D eigenvalue weighted by atomic mass is 9.81. The van der Waals surface area contributed by atoms with Crippen LogP contribution in [0, 0.1) is 25.7 Å². The maximum Gasteiger partial charge on any atom is 0.326 e. The van der Waals surface area contributed by atoms with E-state index >= 15 is 0 Å². The van der Waals surface area contributed by atoms with E-state index in [2.05, 4.69) is 0 Å². The number of methoxy groups -OCH3 is 1. The van der Waals surface area contributed by atoms with Gasteiger partial charge in [-0.05, 0) is 32.8 Å². The Kier molecular flexibility index (Phi) is 6.52. The van der Waals surface area contributed by atoms with Crippen molar-refractivity contribution in [3.63, 3.8) is 0 Å². The monoisotopic (exact) mass is 404 g/mol. The highest BCUT2D eigenvalue weighted by Gasteiger charge is 2.48. The number of Topliss-reactive ketones (excluding diaryl/α,β-unsaturated/α-hetero) is 1. The Morgan fingerprint density at radius 2 is 1.72 bits per heavy atom. The summed E-state index contributed by atoms with van der Waals surface area (Å²) in [5.74, 6) is -2.24. The first kappa shape index (κ1) is 21.2. The SMILES string of the molecule is COCCn1c(C)cc(C(=O)COC(=O)CN2C(=O)[C@@H]3CCCC[C@H]3C2=O)c1C. The molecule has 2 aliphatic rings. The summed E-state index contributed by atoms with van der Waals surface area (Å²) in [4.78, 5) is 50.6. The van der Waals surface area contributed by atoms with Gasteiger partial charge in [0.05, 0.1) is 18.4 Å². The zero-order chi connectivity index (χ0) is 21.1. The van der Waals surface area contributed by atoms with Gasteiger partial charge in [-0.2, -0.15) is 0 Å². The van der Waals surface area contributed by atoms with E-state index in [4.69, 9.17) is 9.47 Å². The van der Waals surface area contributed by atoms with E-state index in [-0.39, 0.29) is 29.4 Å². The second kappa shape index (κ2) is 8.90. The van der Waals surface area contributed by atoms with Crippen LogP contribution < -0.4 is 0 Å². The number of ether oxygens (including phenoxy) is 2. The summed E-state index contributed by atoms with van der Waals surface area (Å²) in [6.45, 7) is 4.04. The van der Waals surface area contributed by atoms with Crippen LogP contribution in [0.4, 0.5) is 0 Å². The van der Waals surface area contributed by atoms with Gasteiger partial charge >= 0.3 is 5.97 Å². The second-order valence-electron chi connectivity index (χ2n) is 7.77. The number of aromatic nitrogens is 1. The molecule has 0 radical (unpaired) electrons. The third kappa shape index (κ3) is 4.27. The Balaban J connectivity index is 1.56. The van der Waals surface area contributed by atoms with Crippen LogP contribution in [0.25, 0.3) is 0 Å². The van der Waals surface area contributed by atoms with Crippen molar-refractivity contribution >= 4 is 23.6 Å². The third-order valence-corrected chi connectivity index (χ3v) is 5.98. The quantitative estimate of drug-likeness (QED) is 0.371. The molecule has 1 aliphatic carbocycles. The van der Waals surface area contributed by atoms with Crippen LogP contribution in [0.3, 0.4) is 0 Å². The molecule has 2 heterocycles. The molecule has 1 saturated heterocycles. The lowest BCUT2D eigenvalue weighted by molar-refractivity contribution is -0.152. The minimum Gasteiger partial charge on any atom is -0.456 e. The van der Waals surface area contributed by atoms with E-state index in [1.165, 1.54) is 0 Å². The topological polar surface area (TPSA) is 94.9 Å². The van der Waals surface area contributed by atoms with E-state index in [0.717, 1.165) is 29.1 Å². The molecule has 29 heavy (non-hydrogen) atoms. The molecule has 8 heteroatoms. The molecule has 0 bridgehead atoms. The van der Waals surface area contributed by atoms with Gasteiger partial charge in [0.25, 0.3) is 0 Å². The fourth-order valence-corrected chi connectivity index (χ4v) is 4.40. The predicted molar refractivity (Wildman–Crippen MR) is 103 cm³/mol. The van der Waals surface area contributed by atoms with Crippen molar-refractivity contribution in [1.29, 1.82) is 0 Å². The molecule has 0 N–H and O–H groups in total. The van der Waals surface area contributed by atoms with E-state index in [1.807, 2.05) is 18.4 Å². The van der Waals surface area contributed by atoms with Gasteiger partial charge in [-0.15, -0.1) is 0 Å². The standard InChI is InChI=1S/C21H28N2O6/c1-13-10-17(14(2)22(13)8-9-28-3)18(24)12-29-19(25)11-23-20(26)15-6-4-5-7-16(15)21(23)27/h10,15-16H,4-9,11-12H2,1-3H3/t15-,16-/m1/s1. The molecule has 0 unspecified atom stereocenters.